The number of rotatable bonds is 5. The van der Waals surface area contributed by atoms with Crippen molar-refractivity contribution in [1.82, 2.24) is 9.97 Å². The van der Waals surface area contributed by atoms with E-state index < -0.39 is 0 Å². The number of anilines is 1. The molecule has 0 aliphatic carbocycles. The van der Waals surface area contributed by atoms with E-state index in [4.69, 9.17) is 4.74 Å². The summed E-state index contributed by atoms with van der Waals surface area (Å²) in [5.41, 5.74) is 3.05. The number of nitrogens with zero attached hydrogens (tertiary/aromatic N) is 2. The fourth-order valence-corrected chi connectivity index (χ4v) is 2.21. The van der Waals surface area contributed by atoms with Gasteiger partial charge in [0.25, 0.3) is 0 Å². The molecule has 0 saturated heterocycles. The zero-order chi connectivity index (χ0) is 14.5. The number of hydrogen-bond acceptors (Lipinski definition) is 4. The Hall–Kier alpha value is -2.10. The summed E-state index contributed by atoms with van der Waals surface area (Å²) in [7, 11) is 1.88. The first-order chi connectivity index (χ1) is 9.67. The van der Waals surface area contributed by atoms with Crippen LogP contribution in [0.1, 0.15) is 26.3 Å². The van der Waals surface area contributed by atoms with Crippen molar-refractivity contribution in [1.29, 1.82) is 0 Å². The maximum Gasteiger partial charge on any atom is 0.132 e. The fourth-order valence-electron chi connectivity index (χ4n) is 2.21. The molecule has 1 N–H and O–H groups in total. The molecule has 0 aliphatic heterocycles. The van der Waals surface area contributed by atoms with E-state index in [9.17, 15) is 0 Å². The molecule has 0 amide bonds. The molecule has 0 saturated carbocycles. The van der Waals surface area contributed by atoms with Crippen molar-refractivity contribution >= 4 is 5.82 Å². The van der Waals surface area contributed by atoms with Gasteiger partial charge in [-0.1, -0.05) is 19.1 Å². The van der Waals surface area contributed by atoms with E-state index in [-0.39, 0.29) is 6.10 Å². The normalized spacial score (nSPS) is 10.7. The Morgan fingerprint density at radius 3 is 2.60 bits per heavy atom. The molecule has 1 aromatic carbocycles. The zero-order valence-corrected chi connectivity index (χ0v) is 12.5. The molecule has 0 fully saturated rings. The van der Waals surface area contributed by atoms with Crippen LogP contribution in [-0.2, 0) is 6.42 Å². The van der Waals surface area contributed by atoms with Gasteiger partial charge in [-0.3, -0.25) is 0 Å². The Kier molecular flexibility index (Phi) is 4.56. The summed E-state index contributed by atoms with van der Waals surface area (Å²) in [6, 6.07) is 8.00. The number of aromatic nitrogens is 2. The van der Waals surface area contributed by atoms with Gasteiger partial charge in [-0.15, -0.1) is 0 Å². The Morgan fingerprint density at radius 2 is 1.95 bits per heavy atom. The molecular formula is C16H21N3O. The highest BCUT2D eigenvalue weighted by Crippen LogP contribution is 2.33. The fraction of sp³-hybridized carbons (Fsp3) is 0.375. The van der Waals surface area contributed by atoms with Crippen molar-refractivity contribution in [2.75, 3.05) is 12.4 Å². The molecule has 106 valence electrons. The van der Waals surface area contributed by atoms with Gasteiger partial charge < -0.3 is 10.1 Å². The van der Waals surface area contributed by atoms with E-state index in [2.05, 4.69) is 22.2 Å². The number of benzene rings is 1. The van der Waals surface area contributed by atoms with Gasteiger partial charge in [0.15, 0.2) is 0 Å². The van der Waals surface area contributed by atoms with Gasteiger partial charge in [-0.25, -0.2) is 9.97 Å². The molecule has 1 aromatic heterocycles. The van der Waals surface area contributed by atoms with Gasteiger partial charge in [0.1, 0.15) is 17.9 Å². The first-order valence-corrected chi connectivity index (χ1v) is 6.95. The molecule has 4 heteroatoms. The van der Waals surface area contributed by atoms with Crippen LogP contribution < -0.4 is 10.1 Å². The molecule has 20 heavy (non-hydrogen) atoms. The molecule has 0 unspecified atom stereocenters. The van der Waals surface area contributed by atoms with Crippen LogP contribution >= 0.6 is 0 Å². The first kappa shape index (κ1) is 14.3. The summed E-state index contributed by atoms with van der Waals surface area (Å²) in [5.74, 6) is 1.73. The molecule has 1 heterocycles. The minimum absolute atomic E-state index is 0.131. The summed E-state index contributed by atoms with van der Waals surface area (Å²) in [4.78, 5) is 8.75. The molecule has 0 spiro atoms. The predicted octanol–water partition coefficient (Wildman–Crippen LogP) is 3.53. The summed E-state index contributed by atoms with van der Waals surface area (Å²) in [6.07, 6.45) is 2.58. The third-order valence-electron chi connectivity index (χ3n) is 3.04. The molecule has 0 atom stereocenters. The lowest BCUT2D eigenvalue weighted by Gasteiger charge is -2.16. The monoisotopic (exact) mass is 271 g/mol. The molecule has 0 radical (unpaired) electrons. The highest BCUT2D eigenvalue weighted by Gasteiger charge is 2.15. The summed E-state index contributed by atoms with van der Waals surface area (Å²) < 4.78 is 5.89. The van der Waals surface area contributed by atoms with Crippen LogP contribution in [0.25, 0.3) is 11.3 Å². The quantitative estimate of drug-likeness (QED) is 0.903. The largest absolute Gasteiger partial charge is 0.490 e. The zero-order valence-electron chi connectivity index (χ0n) is 12.5. The molecule has 0 aliphatic rings. The van der Waals surface area contributed by atoms with Gasteiger partial charge >= 0.3 is 0 Å². The predicted molar refractivity (Wildman–Crippen MR) is 82.2 cm³/mol. The van der Waals surface area contributed by atoms with E-state index in [1.54, 1.807) is 6.33 Å². The van der Waals surface area contributed by atoms with E-state index >= 15 is 0 Å². The van der Waals surface area contributed by atoms with Crippen molar-refractivity contribution in [3.63, 3.8) is 0 Å². The van der Waals surface area contributed by atoms with Gasteiger partial charge in [0, 0.05) is 18.2 Å². The second-order valence-electron chi connectivity index (χ2n) is 4.82. The van der Waals surface area contributed by atoms with Gasteiger partial charge in [-0.2, -0.15) is 0 Å². The van der Waals surface area contributed by atoms with Crippen LogP contribution in [0, 0.1) is 0 Å². The van der Waals surface area contributed by atoms with Crippen molar-refractivity contribution in [3.8, 4) is 17.0 Å². The van der Waals surface area contributed by atoms with E-state index in [1.165, 1.54) is 0 Å². The topological polar surface area (TPSA) is 47.0 Å². The average Bonchev–Trinajstić information content (AvgIpc) is 2.46. The molecule has 4 nitrogen and oxygen atoms in total. The average molecular weight is 271 g/mol. The van der Waals surface area contributed by atoms with Crippen LogP contribution in [-0.4, -0.2) is 23.1 Å². The Balaban J connectivity index is 2.56. The highest BCUT2D eigenvalue weighted by atomic mass is 16.5. The van der Waals surface area contributed by atoms with Crippen molar-refractivity contribution in [3.05, 3.63) is 36.2 Å². The van der Waals surface area contributed by atoms with Crippen LogP contribution in [0.3, 0.4) is 0 Å². The lowest BCUT2D eigenvalue weighted by molar-refractivity contribution is 0.243. The third kappa shape index (κ3) is 2.90. The summed E-state index contributed by atoms with van der Waals surface area (Å²) in [5, 5.41) is 3.12. The van der Waals surface area contributed by atoms with Crippen LogP contribution in [0.15, 0.2) is 30.6 Å². The van der Waals surface area contributed by atoms with E-state index in [0.29, 0.717) is 0 Å². The number of para-hydroxylation sites is 1. The minimum atomic E-state index is 0.131. The first-order valence-electron chi connectivity index (χ1n) is 6.95. The molecule has 2 rings (SSSR count). The van der Waals surface area contributed by atoms with E-state index in [0.717, 1.165) is 34.8 Å². The maximum absolute atomic E-state index is 5.89. The number of ether oxygens (including phenoxy) is 1. The van der Waals surface area contributed by atoms with Gasteiger partial charge in [-0.05, 0) is 32.4 Å². The molecular weight excluding hydrogens is 250 g/mol. The SMILES string of the molecule is CCc1c(NC)ncnc1-c1ccccc1OC(C)C. The summed E-state index contributed by atoms with van der Waals surface area (Å²) >= 11 is 0. The molecule has 2 aromatic rings. The third-order valence-corrected chi connectivity index (χ3v) is 3.04. The molecule has 0 bridgehead atoms. The van der Waals surface area contributed by atoms with Crippen LogP contribution in [0.5, 0.6) is 5.75 Å². The second-order valence-corrected chi connectivity index (χ2v) is 4.82. The van der Waals surface area contributed by atoms with Crippen molar-refractivity contribution < 1.29 is 4.74 Å². The Bertz CT molecular complexity index is 582. The van der Waals surface area contributed by atoms with Gasteiger partial charge in [0.2, 0.25) is 0 Å². The maximum atomic E-state index is 5.89. The highest BCUT2D eigenvalue weighted by molar-refractivity contribution is 5.73. The summed E-state index contributed by atoms with van der Waals surface area (Å²) in [6.45, 7) is 6.15. The van der Waals surface area contributed by atoms with Gasteiger partial charge in [0.05, 0.1) is 11.8 Å². The lowest BCUT2D eigenvalue weighted by Crippen LogP contribution is -2.08. The minimum Gasteiger partial charge on any atom is -0.490 e. The number of nitrogens with one attached hydrogen (secondary N) is 1. The number of hydrogen-bond donors (Lipinski definition) is 1. The second kappa shape index (κ2) is 6.37. The van der Waals surface area contributed by atoms with E-state index in [1.807, 2.05) is 45.2 Å². The van der Waals surface area contributed by atoms with Crippen molar-refractivity contribution in [2.45, 2.75) is 33.3 Å². The van der Waals surface area contributed by atoms with Crippen LogP contribution in [0.4, 0.5) is 5.82 Å². The Morgan fingerprint density at radius 1 is 1.20 bits per heavy atom. The van der Waals surface area contributed by atoms with Crippen molar-refractivity contribution in [2.24, 2.45) is 0 Å². The lowest BCUT2D eigenvalue weighted by atomic mass is 10.0. The smallest absolute Gasteiger partial charge is 0.132 e. The standard InChI is InChI=1S/C16H21N3O/c1-5-12-15(18-10-19-16(12)17-4)13-8-6-7-9-14(13)20-11(2)3/h6-11H,5H2,1-4H3,(H,17,18,19). The Labute approximate surface area is 120 Å². The van der Waals surface area contributed by atoms with Crippen LogP contribution in [0.2, 0.25) is 0 Å².